The Hall–Kier alpha value is -1.90. The number of rotatable bonds is 2. The highest BCUT2D eigenvalue weighted by atomic mass is 15.0. The van der Waals surface area contributed by atoms with Crippen molar-refractivity contribution in [1.82, 2.24) is 9.97 Å². The van der Waals surface area contributed by atoms with E-state index in [9.17, 15) is 0 Å². The average Bonchev–Trinajstić information content (AvgIpc) is 2.90. The predicted molar refractivity (Wildman–Crippen MR) is 79.9 cm³/mol. The largest absolute Gasteiger partial charge is 0.366 e. The molecule has 0 spiro atoms. The van der Waals surface area contributed by atoms with Crippen LogP contribution in [0.25, 0.3) is 0 Å². The molecule has 2 aliphatic rings. The van der Waals surface area contributed by atoms with Crippen LogP contribution < -0.4 is 5.32 Å². The molecule has 4 rings (SSSR count). The lowest BCUT2D eigenvalue weighted by Crippen LogP contribution is -2.22. The molecule has 0 unspecified atom stereocenters. The summed E-state index contributed by atoms with van der Waals surface area (Å²) in [6, 6.07) is 9.23. The summed E-state index contributed by atoms with van der Waals surface area (Å²) >= 11 is 0. The number of hydrogen-bond acceptors (Lipinski definition) is 3. The van der Waals surface area contributed by atoms with E-state index >= 15 is 0 Å². The van der Waals surface area contributed by atoms with Gasteiger partial charge in [-0.2, -0.15) is 0 Å². The van der Waals surface area contributed by atoms with Gasteiger partial charge >= 0.3 is 0 Å². The van der Waals surface area contributed by atoms with Crippen molar-refractivity contribution < 1.29 is 0 Å². The van der Waals surface area contributed by atoms with Crippen LogP contribution in [0.3, 0.4) is 0 Å². The van der Waals surface area contributed by atoms with Crippen LogP contribution in [0.5, 0.6) is 0 Å². The first-order valence-electron chi connectivity index (χ1n) is 7.56. The van der Waals surface area contributed by atoms with E-state index < -0.39 is 0 Å². The minimum atomic E-state index is 0.480. The average molecular weight is 265 g/mol. The molecule has 2 aromatic rings. The van der Waals surface area contributed by atoms with Gasteiger partial charge in [-0.25, -0.2) is 9.97 Å². The van der Waals surface area contributed by atoms with Gasteiger partial charge in [-0.05, 0) is 49.7 Å². The molecule has 0 radical (unpaired) electrons. The second-order valence-electron chi connectivity index (χ2n) is 5.87. The molecule has 1 heterocycles. The SMILES string of the molecule is c1ccc2c(c1)CC(Nc1ncnc3c1CCCC3)C2. The third-order valence-electron chi connectivity index (χ3n) is 4.52. The molecule has 0 atom stereocenters. The van der Waals surface area contributed by atoms with Crippen LogP contribution in [0.15, 0.2) is 30.6 Å². The highest BCUT2D eigenvalue weighted by molar-refractivity contribution is 5.49. The molecule has 3 nitrogen and oxygen atoms in total. The van der Waals surface area contributed by atoms with Crippen LogP contribution in [0.1, 0.15) is 35.2 Å². The lowest BCUT2D eigenvalue weighted by atomic mass is 9.96. The zero-order chi connectivity index (χ0) is 13.4. The van der Waals surface area contributed by atoms with Crippen molar-refractivity contribution in [2.75, 3.05) is 5.32 Å². The molecule has 1 N–H and O–H groups in total. The van der Waals surface area contributed by atoms with Gasteiger partial charge in [-0.1, -0.05) is 24.3 Å². The summed E-state index contributed by atoms with van der Waals surface area (Å²) in [6.07, 6.45) is 8.69. The Labute approximate surface area is 119 Å². The number of anilines is 1. The molecule has 0 fully saturated rings. The summed E-state index contributed by atoms with van der Waals surface area (Å²) in [7, 11) is 0. The Kier molecular flexibility index (Phi) is 2.91. The van der Waals surface area contributed by atoms with Crippen molar-refractivity contribution >= 4 is 5.82 Å². The molecule has 2 aliphatic carbocycles. The highest BCUT2D eigenvalue weighted by Gasteiger charge is 2.23. The van der Waals surface area contributed by atoms with E-state index in [4.69, 9.17) is 0 Å². The van der Waals surface area contributed by atoms with Crippen LogP contribution in [0.4, 0.5) is 5.82 Å². The number of aryl methyl sites for hydroxylation is 1. The fourth-order valence-electron chi connectivity index (χ4n) is 3.50. The van der Waals surface area contributed by atoms with E-state index in [0.717, 1.165) is 31.5 Å². The normalized spacial score (nSPS) is 17.6. The summed E-state index contributed by atoms with van der Waals surface area (Å²) < 4.78 is 0. The first-order chi connectivity index (χ1) is 9.90. The molecule has 0 aliphatic heterocycles. The van der Waals surface area contributed by atoms with Crippen LogP contribution in [-0.4, -0.2) is 16.0 Å². The fourth-order valence-corrected chi connectivity index (χ4v) is 3.50. The smallest absolute Gasteiger partial charge is 0.133 e. The van der Waals surface area contributed by atoms with Gasteiger partial charge in [0.15, 0.2) is 0 Å². The maximum absolute atomic E-state index is 4.50. The molecule has 0 saturated heterocycles. The van der Waals surface area contributed by atoms with E-state index in [-0.39, 0.29) is 0 Å². The number of nitrogens with one attached hydrogen (secondary N) is 1. The van der Waals surface area contributed by atoms with Gasteiger partial charge in [-0.3, -0.25) is 0 Å². The van der Waals surface area contributed by atoms with Gasteiger partial charge in [0.05, 0.1) is 0 Å². The van der Waals surface area contributed by atoms with Gasteiger partial charge in [0.1, 0.15) is 12.1 Å². The van der Waals surface area contributed by atoms with E-state index in [2.05, 4.69) is 39.6 Å². The first kappa shape index (κ1) is 11.9. The molecular formula is C17H19N3. The van der Waals surface area contributed by atoms with E-state index in [1.807, 2.05) is 0 Å². The Bertz CT molecular complexity index is 611. The summed E-state index contributed by atoms with van der Waals surface area (Å²) in [5.74, 6) is 1.08. The quantitative estimate of drug-likeness (QED) is 0.907. The van der Waals surface area contributed by atoms with E-state index in [1.54, 1.807) is 6.33 Å². The van der Waals surface area contributed by atoms with Crippen LogP contribution in [0, 0.1) is 0 Å². The second-order valence-corrected chi connectivity index (χ2v) is 5.87. The number of hydrogen-bond donors (Lipinski definition) is 1. The van der Waals surface area contributed by atoms with Crippen molar-refractivity contribution in [2.24, 2.45) is 0 Å². The Morgan fingerprint density at radius 3 is 2.50 bits per heavy atom. The third kappa shape index (κ3) is 2.07. The molecule has 1 aromatic heterocycles. The second kappa shape index (κ2) is 4.89. The molecule has 102 valence electrons. The highest BCUT2D eigenvalue weighted by Crippen LogP contribution is 2.28. The molecular weight excluding hydrogens is 246 g/mol. The summed E-state index contributed by atoms with van der Waals surface area (Å²) in [4.78, 5) is 8.94. The predicted octanol–water partition coefficient (Wildman–Crippen LogP) is 2.93. The summed E-state index contributed by atoms with van der Waals surface area (Å²) in [5.41, 5.74) is 5.57. The zero-order valence-corrected chi connectivity index (χ0v) is 11.6. The minimum Gasteiger partial charge on any atom is -0.366 e. The lowest BCUT2D eigenvalue weighted by Gasteiger charge is -2.20. The molecule has 1 aromatic carbocycles. The maximum atomic E-state index is 4.50. The molecule has 0 saturated carbocycles. The number of fused-ring (bicyclic) bond motifs is 2. The Balaban J connectivity index is 1.56. The van der Waals surface area contributed by atoms with E-state index in [1.165, 1.54) is 35.2 Å². The van der Waals surface area contributed by atoms with Crippen molar-refractivity contribution in [2.45, 2.75) is 44.6 Å². The van der Waals surface area contributed by atoms with Gasteiger partial charge in [0.2, 0.25) is 0 Å². The third-order valence-corrected chi connectivity index (χ3v) is 4.52. The summed E-state index contributed by atoms with van der Waals surface area (Å²) in [6.45, 7) is 0. The van der Waals surface area contributed by atoms with Gasteiger partial charge in [0.25, 0.3) is 0 Å². The van der Waals surface area contributed by atoms with Crippen molar-refractivity contribution in [3.05, 3.63) is 53.0 Å². The fraction of sp³-hybridized carbons (Fsp3) is 0.412. The molecule has 20 heavy (non-hydrogen) atoms. The zero-order valence-electron chi connectivity index (χ0n) is 11.6. The van der Waals surface area contributed by atoms with Gasteiger partial charge in [0, 0.05) is 17.3 Å². The van der Waals surface area contributed by atoms with E-state index in [0.29, 0.717) is 6.04 Å². The van der Waals surface area contributed by atoms with Crippen LogP contribution >= 0.6 is 0 Å². The standard InChI is InChI=1S/C17H19N3/c1-2-6-13-10-14(9-12(13)5-1)20-17-15-7-3-4-8-16(15)18-11-19-17/h1-2,5-6,11,14H,3-4,7-10H2,(H,18,19,20). The number of nitrogens with zero attached hydrogens (tertiary/aromatic N) is 2. The lowest BCUT2D eigenvalue weighted by molar-refractivity contribution is 0.659. The minimum absolute atomic E-state index is 0.480. The first-order valence-corrected chi connectivity index (χ1v) is 7.56. The maximum Gasteiger partial charge on any atom is 0.133 e. The molecule has 0 amide bonds. The summed E-state index contributed by atoms with van der Waals surface area (Å²) in [5, 5.41) is 3.66. The van der Waals surface area contributed by atoms with Crippen LogP contribution in [-0.2, 0) is 25.7 Å². The monoisotopic (exact) mass is 265 g/mol. The van der Waals surface area contributed by atoms with Crippen molar-refractivity contribution in [3.8, 4) is 0 Å². The van der Waals surface area contributed by atoms with Gasteiger partial charge in [-0.15, -0.1) is 0 Å². The number of benzene rings is 1. The van der Waals surface area contributed by atoms with Gasteiger partial charge < -0.3 is 5.32 Å². The molecule has 0 bridgehead atoms. The Morgan fingerprint density at radius 1 is 0.950 bits per heavy atom. The van der Waals surface area contributed by atoms with Crippen molar-refractivity contribution in [1.29, 1.82) is 0 Å². The molecule has 3 heteroatoms. The number of aromatic nitrogens is 2. The topological polar surface area (TPSA) is 37.8 Å². The van der Waals surface area contributed by atoms with Crippen molar-refractivity contribution in [3.63, 3.8) is 0 Å². The van der Waals surface area contributed by atoms with Crippen LogP contribution in [0.2, 0.25) is 0 Å². The Morgan fingerprint density at radius 2 is 1.70 bits per heavy atom.